The van der Waals surface area contributed by atoms with Crippen LogP contribution in [-0.4, -0.2) is 29.6 Å². The van der Waals surface area contributed by atoms with Gasteiger partial charge >= 0.3 is 6.18 Å². The van der Waals surface area contributed by atoms with Crippen LogP contribution in [-0.2, 0) is 4.79 Å². The van der Waals surface area contributed by atoms with Crippen molar-refractivity contribution >= 4 is 5.91 Å². The third-order valence-electron chi connectivity index (χ3n) is 3.19. The molecule has 2 N–H and O–H groups in total. The van der Waals surface area contributed by atoms with E-state index in [0.29, 0.717) is 6.42 Å². The van der Waals surface area contributed by atoms with Crippen molar-refractivity contribution in [2.75, 3.05) is 6.54 Å². The number of hydrogen-bond acceptors (Lipinski definition) is 2. The van der Waals surface area contributed by atoms with Crippen LogP contribution in [0.1, 0.15) is 38.3 Å². The molecule has 0 heterocycles. The lowest BCUT2D eigenvalue weighted by atomic mass is 10.0. The largest absolute Gasteiger partial charge is 0.406 e. The highest BCUT2D eigenvalue weighted by Crippen LogP contribution is 2.21. The predicted molar refractivity (Wildman–Crippen MR) is 75.5 cm³/mol. The van der Waals surface area contributed by atoms with Crippen LogP contribution in [0.3, 0.4) is 0 Å². The fraction of sp³-hybridized carbons (Fsp3) is 0.533. The van der Waals surface area contributed by atoms with Gasteiger partial charge in [0.2, 0.25) is 5.91 Å². The van der Waals surface area contributed by atoms with Gasteiger partial charge in [-0.3, -0.25) is 4.79 Å². The standard InChI is InChI=1S/C15H21F3N2O/c1-11(2)20(10-15(16,17)18)14(21)9-8-13(19)12-6-4-3-5-7-12/h3-7,11,13H,8-10,19H2,1-2H3. The molecule has 6 heteroatoms. The molecule has 118 valence electrons. The molecule has 1 rings (SSSR count). The summed E-state index contributed by atoms with van der Waals surface area (Å²) in [4.78, 5) is 12.8. The average molecular weight is 302 g/mol. The molecule has 0 bridgehead atoms. The normalized spacial score (nSPS) is 13.3. The molecule has 1 unspecified atom stereocenters. The minimum Gasteiger partial charge on any atom is -0.331 e. The first-order chi connectivity index (χ1) is 9.70. The lowest BCUT2D eigenvalue weighted by molar-refractivity contribution is -0.164. The van der Waals surface area contributed by atoms with Crippen LogP contribution in [0.25, 0.3) is 0 Å². The molecule has 0 aromatic heterocycles. The molecule has 1 atom stereocenters. The topological polar surface area (TPSA) is 46.3 Å². The zero-order chi connectivity index (χ0) is 16.0. The van der Waals surface area contributed by atoms with E-state index in [9.17, 15) is 18.0 Å². The number of rotatable bonds is 6. The highest BCUT2D eigenvalue weighted by Gasteiger charge is 2.34. The minimum atomic E-state index is -4.39. The van der Waals surface area contributed by atoms with Crippen LogP contribution in [0, 0.1) is 0 Å². The Morgan fingerprint density at radius 2 is 1.81 bits per heavy atom. The number of carbonyl (C=O) groups is 1. The quantitative estimate of drug-likeness (QED) is 0.876. The summed E-state index contributed by atoms with van der Waals surface area (Å²) in [6, 6.07) is 8.35. The van der Waals surface area contributed by atoms with Gasteiger partial charge in [-0.2, -0.15) is 13.2 Å². The Bertz CT molecular complexity index is 446. The molecule has 1 aromatic carbocycles. The summed E-state index contributed by atoms with van der Waals surface area (Å²) in [6.07, 6.45) is -4.06. The number of amides is 1. The molecule has 1 aromatic rings. The van der Waals surface area contributed by atoms with Crippen molar-refractivity contribution in [2.24, 2.45) is 5.73 Å². The van der Waals surface area contributed by atoms with Crippen molar-refractivity contribution in [3.05, 3.63) is 35.9 Å². The fourth-order valence-electron chi connectivity index (χ4n) is 2.04. The Hall–Kier alpha value is -1.56. The van der Waals surface area contributed by atoms with Gasteiger partial charge in [0.1, 0.15) is 6.54 Å². The molecule has 0 radical (unpaired) electrons. The number of benzene rings is 1. The third-order valence-corrected chi connectivity index (χ3v) is 3.19. The van der Waals surface area contributed by atoms with Gasteiger partial charge in [-0.05, 0) is 25.8 Å². The van der Waals surface area contributed by atoms with Crippen LogP contribution in [0.2, 0.25) is 0 Å². The van der Waals surface area contributed by atoms with E-state index in [4.69, 9.17) is 5.73 Å². The van der Waals surface area contributed by atoms with Crippen molar-refractivity contribution < 1.29 is 18.0 Å². The second kappa shape index (κ2) is 7.45. The molecule has 0 fully saturated rings. The van der Waals surface area contributed by atoms with Gasteiger partial charge in [0, 0.05) is 18.5 Å². The molecule has 0 spiro atoms. The van der Waals surface area contributed by atoms with Crippen LogP contribution < -0.4 is 5.73 Å². The molecular weight excluding hydrogens is 281 g/mol. The number of nitrogens with two attached hydrogens (primary N) is 1. The van der Waals surface area contributed by atoms with E-state index in [2.05, 4.69) is 0 Å². The van der Waals surface area contributed by atoms with E-state index in [1.807, 2.05) is 30.3 Å². The van der Waals surface area contributed by atoms with Gasteiger partial charge in [0.15, 0.2) is 0 Å². The van der Waals surface area contributed by atoms with Crippen molar-refractivity contribution in [1.29, 1.82) is 0 Å². The number of hydrogen-bond donors (Lipinski definition) is 1. The SMILES string of the molecule is CC(C)N(CC(F)(F)F)C(=O)CCC(N)c1ccccc1. The molecule has 3 nitrogen and oxygen atoms in total. The van der Waals surface area contributed by atoms with E-state index in [-0.39, 0.29) is 12.5 Å². The van der Waals surface area contributed by atoms with Crippen molar-refractivity contribution in [2.45, 2.75) is 44.9 Å². The average Bonchev–Trinajstić information content (AvgIpc) is 2.41. The summed E-state index contributed by atoms with van der Waals surface area (Å²) < 4.78 is 37.4. The first-order valence-corrected chi connectivity index (χ1v) is 6.87. The van der Waals surface area contributed by atoms with Gasteiger partial charge in [0.05, 0.1) is 0 Å². The van der Waals surface area contributed by atoms with Gasteiger partial charge in [-0.1, -0.05) is 30.3 Å². The zero-order valence-electron chi connectivity index (χ0n) is 12.2. The Morgan fingerprint density at radius 1 is 1.24 bits per heavy atom. The summed E-state index contributed by atoms with van der Waals surface area (Å²) in [5.74, 6) is -0.520. The minimum absolute atomic E-state index is 0.00429. The van der Waals surface area contributed by atoms with E-state index in [1.54, 1.807) is 13.8 Å². The Kier molecular flexibility index (Phi) is 6.20. The molecule has 0 aliphatic rings. The van der Waals surface area contributed by atoms with Gasteiger partial charge in [-0.25, -0.2) is 0 Å². The number of nitrogens with zero attached hydrogens (tertiary/aromatic N) is 1. The molecule has 21 heavy (non-hydrogen) atoms. The van der Waals surface area contributed by atoms with Crippen LogP contribution in [0.5, 0.6) is 0 Å². The molecule has 1 amide bonds. The first kappa shape index (κ1) is 17.5. The maximum absolute atomic E-state index is 12.5. The van der Waals surface area contributed by atoms with Gasteiger partial charge in [0.25, 0.3) is 0 Å². The first-order valence-electron chi connectivity index (χ1n) is 6.87. The lowest BCUT2D eigenvalue weighted by Gasteiger charge is -2.28. The monoisotopic (exact) mass is 302 g/mol. The van der Waals surface area contributed by atoms with Gasteiger partial charge < -0.3 is 10.6 Å². The second-order valence-corrected chi connectivity index (χ2v) is 5.29. The summed E-state index contributed by atoms with van der Waals surface area (Å²) in [5, 5.41) is 0. The maximum atomic E-state index is 12.5. The Labute approximate surface area is 122 Å². The zero-order valence-corrected chi connectivity index (χ0v) is 12.2. The highest BCUT2D eigenvalue weighted by atomic mass is 19.4. The fourth-order valence-corrected chi connectivity index (χ4v) is 2.04. The van der Waals surface area contributed by atoms with E-state index in [0.717, 1.165) is 10.5 Å². The highest BCUT2D eigenvalue weighted by molar-refractivity contribution is 5.76. The maximum Gasteiger partial charge on any atom is 0.406 e. The number of alkyl halides is 3. The predicted octanol–water partition coefficient (Wildman–Crippen LogP) is 3.27. The molecule has 0 saturated heterocycles. The lowest BCUT2D eigenvalue weighted by Crippen LogP contribution is -2.43. The van der Waals surface area contributed by atoms with Crippen molar-refractivity contribution in [3.8, 4) is 0 Å². The molecule has 0 saturated carbocycles. The Balaban J connectivity index is 2.58. The summed E-state index contributed by atoms with van der Waals surface area (Å²) >= 11 is 0. The van der Waals surface area contributed by atoms with Crippen LogP contribution in [0.15, 0.2) is 30.3 Å². The smallest absolute Gasteiger partial charge is 0.331 e. The van der Waals surface area contributed by atoms with Crippen LogP contribution in [0.4, 0.5) is 13.2 Å². The Morgan fingerprint density at radius 3 is 2.29 bits per heavy atom. The molecule has 0 aliphatic carbocycles. The molecule has 0 aliphatic heterocycles. The summed E-state index contributed by atoms with van der Waals surface area (Å²) in [7, 11) is 0. The number of halogens is 3. The molecular formula is C15H21F3N2O. The van der Waals surface area contributed by atoms with Crippen molar-refractivity contribution in [1.82, 2.24) is 4.90 Å². The van der Waals surface area contributed by atoms with E-state index >= 15 is 0 Å². The summed E-state index contributed by atoms with van der Waals surface area (Å²) in [6.45, 7) is 1.92. The third kappa shape index (κ3) is 6.16. The second-order valence-electron chi connectivity index (χ2n) is 5.29. The number of carbonyl (C=O) groups excluding carboxylic acids is 1. The van der Waals surface area contributed by atoms with Crippen LogP contribution >= 0.6 is 0 Å². The van der Waals surface area contributed by atoms with E-state index in [1.165, 1.54) is 0 Å². The van der Waals surface area contributed by atoms with Crippen molar-refractivity contribution in [3.63, 3.8) is 0 Å². The summed E-state index contributed by atoms with van der Waals surface area (Å²) in [5.41, 5.74) is 6.83. The van der Waals surface area contributed by atoms with Gasteiger partial charge in [-0.15, -0.1) is 0 Å². The van der Waals surface area contributed by atoms with E-state index < -0.39 is 24.7 Å².